The van der Waals surface area contributed by atoms with E-state index in [9.17, 15) is 29.8 Å². The number of nitro groups is 1. The van der Waals surface area contributed by atoms with E-state index >= 15 is 0 Å². The maximum atomic E-state index is 13.2. The van der Waals surface area contributed by atoms with Crippen molar-refractivity contribution in [2.75, 3.05) is 19.1 Å². The first-order valence-electron chi connectivity index (χ1n) is 11.8. The first-order valence-corrected chi connectivity index (χ1v) is 11.8. The molecule has 11 heteroatoms. The van der Waals surface area contributed by atoms with E-state index in [1.807, 2.05) is 6.07 Å². The molecule has 0 bridgehead atoms. The number of hydrogen-bond acceptors (Lipinski definition) is 10. The first-order chi connectivity index (χ1) is 19.2. The maximum Gasteiger partial charge on any atom is 0.355 e. The summed E-state index contributed by atoms with van der Waals surface area (Å²) in [4.78, 5) is 51.8. The number of rotatable bonds is 7. The average molecular weight is 539 g/mol. The fourth-order valence-electron chi connectivity index (χ4n) is 4.52. The number of anilines is 1. The molecule has 1 aliphatic rings. The summed E-state index contributed by atoms with van der Waals surface area (Å²) in [5.41, 5.74) is 5.39. The summed E-state index contributed by atoms with van der Waals surface area (Å²) >= 11 is 0. The minimum Gasteiger partial charge on any atom is -0.466 e. The Morgan fingerprint density at radius 2 is 1.52 bits per heavy atom. The van der Waals surface area contributed by atoms with E-state index in [-0.39, 0.29) is 28.2 Å². The van der Waals surface area contributed by atoms with E-state index in [1.54, 1.807) is 60.7 Å². The topological polar surface area (TPSA) is 166 Å². The summed E-state index contributed by atoms with van der Waals surface area (Å²) in [5, 5.41) is 22.4. The van der Waals surface area contributed by atoms with E-state index in [4.69, 9.17) is 15.2 Å². The number of esters is 2. The second-order valence-electron chi connectivity index (χ2n) is 8.49. The molecule has 0 fully saturated rings. The molecule has 0 saturated carbocycles. The van der Waals surface area contributed by atoms with Crippen LogP contribution in [-0.2, 0) is 19.1 Å². The minimum absolute atomic E-state index is 0.000619. The van der Waals surface area contributed by atoms with Crippen molar-refractivity contribution in [3.05, 3.63) is 128 Å². The second kappa shape index (κ2) is 11.3. The van der Waals surface area contributed by atoms with Gasteiger partial charge in [0.1, 0.15) is 17.2 Å². The summed E-state index contributed by atoms with van der Waals surface area (Å²) in [6.45, 7) is 0. The van der Waals surface area contributed by atoms with Crippen molar-refractivity contribution >= 4 is 29.1 Å². The molecule has 2 N–H and O–H groups in total. The van der Waals surface area contributed by atoms with Crippen LogP contribution in [0.5, 0.6) is 0 Å². The lowest BCUT2D eigenvalue weighted by molar-refractivity contribution is -0.384. The van der Waals surface area contributed by atoms with Crippen LogP contribution >= 0.6 is 0 Å². The second-order valence-corrected chi connectivity index (χ2v) is 8.49. The first kappa shape index (κ1) is 27.3. The Balaban J connectivity index is 2.03. The summed E-state index contributed by atoms with van der Waals surface area (Å²) in [6.07, 6.45) is 0. The SMILES string of the molecule is COC(=O)C1=C(C(=O)OC)N(c2ccc(C(=O)c3ccccc3)cc2[N+](=O)[O-])C(N)=C(C#N)C1c1ccccc1. The highest BCUT2D eigenvalue weighted by Gasteiger charge is 2.44. The fourth-order valence-corrected chi connectivity index (χ4v) is 4.52. The monoisotopic (exact) mass is 538 g/mol. The third-order valence-corrected chi connectivity index (χ3v) is 6.32. The van der Waals surface area contributed by atoms with Crippen molar-refractivity contribution in [3.63, 3.8) is 0 Å². The third-order valence-electron chi connectivity index (χ3n) is 6.32. The van der Waals surface area contributed by atoms with Crippen LogP contribution in [0.3, 0.4) is 0 Å². The number of ketones is 1. The lowest BCUT2D eigenvalue weighted by atomic mass is 9.81. The van der Waals surface area contributed by atoms with Gasteiger partial charge in [0.25, 0.3) is 5.69 Å². The zero-order chi connectivity index (χ0) is 29.0. The largest absolute Gasteiger partial charge is 0.466 e. The summed E-state index contributed by atoms with van der Waals surface area (Å²) in [5.74, 6) is -3.98. The zero-order valence-electron chi connectivity index (χ0n) is 21.4. The van der Waals surface area contributed by atoms with Gasteiger partial charge in [-0.15, -0.1) is 0 Å². The molecule has 0 radical (unpaired) electrons. The molecule has 4 rings (SSSR count). The van der Waals surface area contributed by atoms with Crippen molar-refractivity contribution in [3.8, 4) is 6.07 Å². The van der Waals surface area contributed by atoms with Crippen molar-refractivity contribution in [2.24, 2.45) is 5.73 Å². The molecule has 0 aromatic heterocycles. The van der Waals surface area contributed by atoms with E-state index < -0.39 is 39.9 Å². The Morgan fingerprint density at radius 1 is 0.925 bits per heavy atom. The third kappa shape index (κ3) is 4.77. The highest BCUT2D eigenvalue weighted by Crippen LogP contribution is 2.45. The normalized spacial score (nSPS) is 14.8. The number of ether oxygens (including phenoxy) is 2. The molecule has 1 heterocycles. The van der Waals surface area contributed by atoms with Crippen LogP contribution < -0.4 is 10.6 Å². The van der Waals surface area contributed by atoms with Gasteiger partial charge >= 0.3 is 11.9 Å². The van der Waals surface area contributed by atoms with Gasteiger partial charge < -0.3 is 15.2 Å². The average Bonchev–Trinajstić information content (AvgIpc) is 2.99. The Kier molecular flexibility index (Phi) is 7.72. The number of allylic oxidation sites excluding steroid dienone is 1. The number of nitrogens with two attached hydrogens (primary N) is 1. The van der Waals surface area contributed by atoms with Gasteiger partial charge in [-0.2, -0.15) is 5.26 Å². The quantitative estimate of drug-likeness (QED) is 0.203. The van der Waals surface area contributed by atoms with Gasteiger partial charge in [0, 0.05) is 17.2 Å². The predicted molar refractivity (Wildman–Crippen MR) is 143 cm³/mol. The van der Waals surface area contributed by atoms with E-state index in [0.29, 0.717) is 11.1 Å². The molecule has 0 amide bonds. The number of nitro benzene ring substituents is 1. The molecule has 1 unspecified atom stereocenters. The molecule has 3 aromatic carbocycles. The number of carbonyl (C=O) groups excluding carboxylic acids is 3. The van der Waals surface area contributed by atoms with Crippen LogP contribution in [0, 0.1) is 21.4 Å². The van der Waals surface area contributed by atoms with Gasteiger partial charge in [-0.1, -0.05) is 60.7 Å². The molecule has 0 spiro atoms. The minimum atomic E-state index is -1.14. The van der Waals surface area contributed by atoms with Gasteiger partial charge in [-0.05, 0) is 17.7 Å². The Morgan fingerprint density at radius 3 is 2.08 bits per heavy atom. The molecule has 1 atom stereocenters. The summed E-state index contributed by atoms with van der Waals surface area (Å²) in [7, 11) is 2.16. The predicted octanol–water partition coefficient (Wildman–Crippen LogP) is 3.72. The summed E-state index contributed by atoms with van der Waals surface area (Å²) < 4.78 is 9.93. The maximum absolute atomic E-state index is 13.2. The lowest BCUT2D eigenvalue weighted by Crippen LogP contribution is -2.41. The van der Waals surface area contributed by atoms with Crippen LogP contribution in [0.2, 0.25) is 0 Å². The van der Waals surface area contributed by atoms with Crippen molar-refractivity contribution < 1.29 is 28.8 Å². The molecule has 0 saturated heterocycles. The number of hydrogen-bond donors (Lipinski definition) is 1. The Labute approximate surface area is 228 Å². The Hall–Kier alpha value is -5.76. The van der Waals surface area contributed by atoms with E-state index in [2.05, 4.69) is 0 Å². The molecule has 1 aliphatic heterocycles. The highest BCUT2D eigenvalue weighted by atomic mass is 16.6. The number of benzene rings is 3. The molecule has 0 aliphatic carbocycles. The van der Waals surface area contributed by atoms with Crippen LogP contribution in [-0.4, -0.2) is 36.9 Å². The van der Waals surface area contributed by atoms with Crippen LogP contribution in [0.15, 0.2) is 102 Å². The molecular formula is C29H22N4O7. The lowest BCUT2D eigenvalue weighted by Gasteiger charge is -2.35. The van der Waals surface area contributed by atoms with Gasteiger partial charge in [-0.25, -0.2) is 9.59 Å². The molecule has 40 heavy (non-hydrogen) atoms. The van der Waals surface area contributed by atoms with Gasteiger partial charge in [0.05, 0.1) is 42.3 Å². The molecule has 3 aromatic rings. The number of nitriles is 1. The Bertz CT molecular complexity index is 1620. The van der Waals surface area contributed by atoms with E-state index in [1.165, 1.54) is 12.1 Å². The molecule has 11 nitrogen and oxygen atoms in total. The standard InChI is InChI=1S/C29H22N4O7/c1-39-28(35)24-23(17-9-5-3-6-10-17)20(16-30)27(31)32(25(24)29(36)40-2)21-14-13-19(15-22(21)33(37)38)26(34)18-11-7-4-8-12-18/h3-15,23H,31H2,1-2H3. The highest BCUT2D eigenvalue weighted by molar-refractivity contribution is 6.10. The number of carbonyl (C=O) groups is 3. The number of methoxy groups -OCH3 is 2. The number of nitrogens with zero attached hydrogens (tertiary/aromatic N) is 3. The zero-order valence-corrected chi connectivity index (χ0v) is 21.4. The van der Waals surface area contributed by atoms with Crippen molar-refractivity contribution in [1.29, 1.82) is 5.26 Å². The van der Waals surface area contributed by atoms with Crippen LogP contribution in [0.25, 0.3) is 0 Å². The molecular weight excluding hydrogens is 516 g/mol. The van der Waals surface area contributed by atoms with E-state index in [0.717, 1.165) is 25.2 Å². The van der Waals surface area contributed by atoms with Crippen LogP contribution in [0.1, 0.15) is 27.4 Å². The van der Waals surface area contributed by atoms with Gasteiger partial charge in [0.2, 0.25) is 0 Å². The van der Waals surface area contributed by atoms with Crippen molar-refractivity contribution in [2.45, 2.75) is 5.92 Å². The van der Waals surface area contributed by atoms with Crippen LogP contribution in [0.4, 0.5) is 11.4 Å². The fraction of sp³-hybridized carbons (Fsp3) is 0.103. The smallest absolute Gasteiger partial charge is 0.355 e. The van der Waals surface area contributed by atoms with Gasteiger partial charge in [-0.3, -0.25) is 19.8 Å². The van der Waals surface area contributed by atoms with Crippen molar-refractivity contribution in [1.82, 2.24) is 0 Å². The molecule has 200 valence electrons. The summed E-state index contributed by atoms with van der Waals surface area (Å²) in [6, 6.07) is 22.1. The van der Waals surface area contributed by atoms with Gasteiger partial charge in [0.15, 0.2) is 5.78 Å².